The third kappa shape index (κ3) is 2.91. The third-order valence-electron chi connectivity index (χ3n) is 3.32. The van der Waals surface area contributed by atoms with Gasteiger partial charge >= 0.3 is 6.09 Å². The smallest absolute Gasteiger partial charge is 0.409 e. The van der Waals surface area contributed by atoms with Gasteiger partial charge in [0.1, 0.15) is 11.6 Å². The third-order valence-corrected chi connectivity index (χ3v) is 3.32. The lowest BCUT2D eigenvalue weighted by Crippen LogP contribution is -2.25. The summed E-state index contributed by atoms with van der Waals surface area (Å²) >= 11 is 0. The lowest BCUT2D eigenvalue weighted by atomic mass is 10.1. The number of para-hydroxylation sites is 2. The Balaban J connectivity index is 2.12. The fraction of sp³-hybridized carbons (Fsp3) is 0.118. The number of carbonyl (C=O) groups is 1. The van der Waals surface area contributed by atoms with E-state index in [2.05, 4.69) is 9.97 Å². The van der Waals surface area contributed by atoms with Crippen LogP contribution in [0.4, 0.5) is 4.79 Å². The second-order valence-electron chi connectivity index (χ2n) is 5.19. The second kappa shape index (κ2) is 5.92. The molecule has 0 bridgehead atoms. The van der Waals surface area contributed by atoms with Gasteiger partial charge in [-0.25, -0.2) is 9.78 Å². The van der Waals surface area contributed by atoms with Crippen LogP contribution in [0.5, 0.6) is 5.75 Å². The normalized spacial score (nSPS) is 10.5. The van der Waals surface area contributed by atoms with Crippen molar-refractivity contribution in [3.05, 3.63) is 58.9 Å². The van der Waals surface area contributed by atoms with Crippen LogP contribution in [0.25, 0.3) is 22.3 Å². The first-order valence-electron chi connectivity index (χ1n) is 7.04. The van der Waals surface area contributed by atoms with Crippen molar-refractivity contribution in [2.45, 2.75) is 0 Å². The quantitative estimate of drug-likeness (QED) is 0.789. The first-order valence-corrected chi connectivity index (χ1v) is 7.04. The molecule has 0 spiro atoms. The van der Waals surface area contributed by atoms with Gasteiger partial charge in [-0.05, 0) is 24.3 Å². The van der Waals surface area contributed by atoms with E-state index in [1.54, 1.807) is 56.6 Å². The minimum absolute atomic E-state index is 0.237. The number of aromatic nitrogens is 2. The number of nitrogens with one attached hydrogen (secondary N) is 1. The molecule has 6 nitrogen and oxygen atoms in total. The Kier molecular flexibility index (Phi) is 3.80. The molecule has 0 aliphatic heterocycles. The van der Waals surface area contributed by atoms with Gasteiger partial charge < -0.3 is 14.6 Å². The molecule has 116 valence electrons. The van der Waals surface area contributed by atoms with Crippen LogP contribution in [0.2, 0.25) is 0 Å². The molecule has 0 atom stereocenters. The minimum atomic E-state index is -0.499. The van der Waals surface area contributed by atoms with Gasteiger partial charge in [-0.1, -0.05) is 24.3 Å². The molecule has 3 rings (SSSR count). The van der Waals surface area contributed by atoms with Crippen molar-refractivity contribution in [2.24, 2.45) is 0 Å². The predicted molar refractivity (Wildman–Crippen MR) is 87.5 cm³/mol. The highest BCUT2D eigenvalue weighted by molar-refractivity contribution is 5.81. The summed E-state index contributed by atoms with van der Waals surface area (Å²) in [4.78, 5) is 32.5. The van der Waals surface area contributed by atoms with Gasteiger partial charge in [-0.15, -0.1) is 0 Å². The number of carbonyl (C=O) groups excluding carboxylic acids is 1. The fourth-order valence-corrected chi connectivity index (χ4v) is 2.15. The number of nitrogens with zero attached hydrogens (tertiary/aromatic N) is 2. The average molecular weight is 309 g/mol. The Morgan fingerprint density at radius 1 is 1.09 bits per heavy atom. The van der Waals surface area contributed by atoms with Gasteiger partial charge in [0.15, 0.2) is 0 Å². The highest BCUT2D eigenvalue weighted by Crippen LogP contribution is 2.27. The molecule has 1 N–H and O–H groups in total. The van der Waals surface area contributed by atoms with Gasteiger partial charge in [-0.2, -0.15) is 0 Å². The highest BCUT2D eigenvalue weighted by Gasteiger charge is 2.14. The summed E-state index contributed by atoms with van der Waals surface area (Å²) < 4.78 is 5.34. The van der Waals surface area contributed by atoms with Crippen LogP contribution < -0.4 is 10.3 Å². The molecule has 0 saturated carbocycles. The van der Waals surface area contributed by atoms with E-state index < -0.39 is 6.09 Å². The Morgan fingerprint density at radius 3 is 2.57 bits per heavy atom. The molecule has 0 aliphatic carbocycles. The number of fused-ring (bicyclic) bond motifs is 1. The second-order valence-corrected chi connectivity index (χ2v) is 5.19. The van der Waals surface area contributed by atoms with Crippen LogP contribution >= 0.6 is 0 Å². The Bertz CT molecular complexity index is 932. The molecule has 0 unspecified atom stereocenters. The molecular weight excluding hydrogens is 294 g/mol. The molecule has 1 heterocycles. The van der Waals surface area contributed by atoms with Crippen LogP contribution in [-0.4, -0.2) is 35.1 Å². The standard InChI is InChI=1S/C17H15N3O3/c1-20(2)17(22)23-14-10-6-4-8-12(14)15-18-13-9-5-3-7-11(13)16(21)19-15/h3-10H,1-2H3,(H,18,19,21). The van der Waals surface area contributed by atoms with Gasteiger partial charge in [0.2, 0.25) is 0 Å². The van der Waals surface area contributed by atoms with Gasteiger partial charge in [0.05, 0.1) is 16.5 Å². The van der Waals surface area contributed by atoms with Crippen molar-refractivity contribution in [3.8, 4) is 17.1 Å². The zero-order valence-corrected chi connectivity index (χ0v) is 12.7. The van der Waals surface area contributed by atoms with Crippen molar-refractivity contribution in [2.75, 3.05) is 14.1 Å². The molecule has 0 fully saturated rings. The number of ether oxygens (including phenoxy) is 1. The topological polar surface area (TPSA) is 75.3 Å². The number of aromatic amines is 1. The summed E-state index contributed by atoms with van der Waals surface area (Å²) in [5, 5.41) is 0.513. The SMILES string of the molecule is CN(C)C(=O)Oc1ccccc1-c1nc2ccccc2c(=O)[nH]1. The first-order chi connectivity index (χ1) is 11.1. The molecule has 1 aromatic heterocycles. The number of H-pyrrole nitrogens is 1. The molecule has 6 heteroatoms. The largest absolute Gasteiger partial charge is 0.414 e. The van der Waals surface area contributed by atoms with Gasteiger partial charge in [0, 0.05) is 14.1 Å². The molecular formula is C17H15N3O3. The Morgan fingerprint density at radius 2 is 1.78 bits per heavy atom. The number of benzene rings is 2. The van der Waals surface area contributed by atoms with Crippen LogP contribution in [0.3, 0.4) is 0 Å². The molecule has 3 aromatic rings. The summed E-state index contributed by atoms with van der Waals surface area (Å²) in [6.07, 6.45) is -0.499. The van der Waals surface area contributed by atoms with E-state index in [4.69, 9.17) is 4.74 Å². The van der Waals surface area contributed by atoms with E-state index in [1.165, 1.54) is 4.90 Å². The summed E-state index contributed by atoms with van der Waals surface area (Å²) in [5.41, 5.74) is 0.893. The molecule has 0 radical (unpaired) electrons. The highest BCUT2D eigenvalue weighted by atomic mass is 16.6. The molecule has 1 amide bonds. The zero-order valence-electron chi connectivity index (χ0n) is 12.7. The molecule has 0 saturated heterocycles. The van der Waals surface area contributed by atoms with Crippen LogP contribution in [0.15, 0.2) is 53.3 Å². The summed E-state index contributed by atoms with van der Waals surface area (Å²) in [6.45, 7) is 0. The van der Waals surface area contributed by atoms with Crippen molar-refractivity contribution in [1.82, 2.24) is 14.9 Å². The van der Waals surface area contributed by atoms with Gasteiger partial charge in [0.25, 0.3) is 5.56 Å². The van der Waals surface area contributed by atoms with E-state index in [0.29, 0.717) is 28.0 Å². The number of hydrogen-bond donors (Lipinski definition) is 1. The number of hydrogen-bond acceptors (Lipinski definition) is 4. The lowest BCUT2D eigenvalue weighted by molar-refractivity contribution is 0.172. The average Bonchev–Trinajstić information content (AvgIpc) is 2.55. The van der Waals surface area contributed by atoms with Crippen molar-refractivity contribution in [1.29, 1.82) is 0 Å². The van der Waals surface area contributed by atoms with E-state index >= 15 is 0 Å². The Labute approximate surface area is 132 Å². The zero-order chi connectivity index (χ0) is 16.4. The number of rotatable bonds is 2. The summed E-state index contributed by atoms with van der Waals surface area (Å²) in [6, 6.07) is 14.0. The molecule has 2 aromatic carbocycles. The number of amides is 1. The fourth-order valence-electron chi connectivity index (χ4n) is 2.15. The minimum Gasteiger partial charge on any atom is -0.409 e. The predicted octanol–water partition coefficient (Wildman–Crippen LogP) is 2.65. The molecule has 23 heavy (non-hydrogen) atoms. The van der Waals surface area contributed by atoms with Crippen molar-refractivity contribution < 1.29 is 9.53 Å². The van der Waals surface area contributed by atoms with E-state index in [0.717, 1.165) is 0 Å². The maximum atomic E-state index is 12.2. The first kappa shape index (κ1) is 14.8. The van der Waals surface area contributed by atoms with E-state index in [1.807, 2.05) is 6.07 Å². The molecule has 0 aliphatic rings. The maximum absolute atomic E-state index is 12.2. The monoisotopic (exact) mass is 309 g/mol. The van der Waals surface area contributed by atoms with Crippen molar-refractivity contribution in [3.63, 3.8) is 0 Å². The lowest BCUT2D eigenvalue weighted by Gasteiger charge is -2.13. The summed E-state index contributed by atoms with van der Waals surface area (Å²) in [7, 11) is 3.20. The van der Waals surface area contributed by atoms with E-state index in [-0.39, 0.29) is 5.56 Å². The van der Waals surface area contributed by atoms with Crippen molar-refractivity contribution >= 4 is 17.0 Å². The summed E-state index contributed by atoms with van der Waals surface area (Å²) in [5.74, 6) is 0.695. The van der Waals surface area contributed by atoms with Crippen LogP contribution in [0, 0.1) is 0 Å². The van der Waals surface area contributed by atoms with Gasteiger partial charge in [-0.3, -0.25) is 4.79 Å². The Hall–Kier alpha value is -3.15. The van der Waals surface area contributed by atoms with Crippen LogP contribution in [-0.2, 0) is 0 Å². The van der Waals surface area contributed by atoms with E-state index in [9.17, 15) is 9.59 Å². The maximum Gasteiger partial charge on any atom is 0.414 e. The van der Waals surface area contributed by atoms with Crippen LogP contribution in [0.1, 0.15) is 0 Å².